The van der Waals surface area contributed by atoms with Crippen LogP contribution in [-0.4, -0.2) is 14.6 Å². The lowest BCUT2D eigenvalue weighted by molar-refractivity contribution is 0.954. The number of nitrogens with two attached hydrogens (primary N) is 1. The van der Waals surface area contributed by atoms with Gasteiger partial charge in [-0.05, 0) is 35.4 Å². The number of fused-ring (bicyclic) bond motifs is 1. The fourth-order valence-corrected chi connectivity index (χ4v) is 3.02. The number of halogens is 2. The molecule has 4 rings (SSSR count). The minimum atomic E-state index is 0.547. The number of rotatable bonds is 2. The summed E-state index contributed by atoms with van der Waals surface area (Å²) in [5.74, 6) is 0.547. The first-order chi connectivity index (χ1) is 11.6. The van der Waals surface area contributed by atoms with Gasteiger partial charge in [-0.15, -0.1) is 0 Å². The molecule has 2 aromatic heterocycles. The molecule has 0 saturated heterocycles. The maximum Gasteiger partial charge on any atom is 0.165 e. The lowest BCUT2D eigenvalue weighted by atomic mass is 10.1. The molecule has 0 atom stereocenters. The predicted molar refractivity (Wildman–Crippen MR) is 101 cm³/mol. The first-order valence-electron chi connectivity index (χ1n) is 7.27. The maximum absolute atomic E-state index is 6.32. The number of nitrogen functional groups attached to an aromatic ring is 1. The van der Waals surface area contributed by atoms with Crippen LogP contribution >= 0.6 is 27.5 Å². The highest BCUT2D eigenvalue weighted by Crippen LogP contribution is 2.30. The Kier molecular flexibility index (Phi) is 3.75. The summed E-state index contributed by atoms with van der Waals surface area (Å²) in [4.78, 5) is 4.58. The van der Waals surface area contributed by atoms with E-state index in [1.54, 1.807) is 16.9 Å². The van der Waals surface area contributed by atoms with Gasteiger partial charge >= 0.3 is 0 Å². The van der Waals surface area contributed by atoms with Gasteiger partial charge in [0.2, 0.25) is 0 Å². The molecule has 4 nitrogen and oxygen atoms in total. The normalized spacial score (nSPS) is 11.1. The van der Waals surface area contributed by atoms with Crippen LogP contribution in [0.5, 0.6) is 0 Å². The highest BCUT2D eigenvalue weighted by molar-refractivity contribution is 9.10. The van der Waals surface area contributed by atoms with E-state index in [0.717, 1.165) is 32.4 Å². The van der Waals surface area contributed by atoms with Crippen molar-refractivity contribution in [1.82, 2.24) is 14.6 Å². The van der Waals surface area contributed by atoms with Gasteiger partial charge in [0.05, 0.1) is 6.20 Å². The van der Waals surface area contributed by atoms with Crippen LogP contribution in [0, 0.1) is 0 Å². The van der Waals surface area contributed by atoms with Crippen LogP contribution in [0.1, 0.15) is 0 Å². The molecule has 118 valence electrons. The van der Waals surface area contributed by atoms with Gasteiger partial charge in [0.15, 0.2) is 5.65 Å². The third-order valence-electron chi connectivity index (χ3n) is 3.87. The molecule has 0 saturated carbocycles. The van der Waals surface area contributed by atoms with E-state index in [-0.39, 0.29) is 0 Å². The summed E-state index contributed by atoms with van der Waals surface area (Å²) in [7, 11) is 0. The van der Waals surface area contributed by atoms with Crippen LogP contribution in [0.3, 0.4) is 0 Å². The van der Waals surface area contributed by atoms with Crippen molar-refractivity contribution in [1.29, 1.82) is 0 Å². The second-order valence-electron chi connectivity index (χ2n) is 5.36. The van der Waals surface area contributed by atoms with Crippen molar-refractivity contribution in [3.63, 3.8) is 0 Å². The monoisotopic (exact) mass is 398 g/mol. The minimum absolute atomic E-state index is 0.547. The van der Waals surface area contributed by atoms with Gasteiger partial charge in [-0.1, -0.05) is 51.8 Å². The lowest BCUT2D eigenvalue weighted by Gasteiger charge is -2.08. The van der Waals surface area contributed by atoms with E-state index >= 15 is 0 Å². The van der Waals surface area contributed by atoms with Crippen LogP contribution in [0.25, 0.3) is 27.9 Å². The fraction of sp³-hybridized carbons (Fsp3) is 0. The zero-order chi connectivity index (χ0) is 16.7. The van der Waals surface area contributed by atoms with Crippen molar-refractivity contribution in [2.45, 2.75) is 0 Å². The summed E-state index contributed by atoms with van der Waals surface area (Å²) in [5.41, 5.74) is 10.8. The molecule has 0 aliphatic heterocycles. The Morgan fingerprint density at radius 3 is 2.21 bits per heavy atom. The largest absolute Gasteiger partial charge is 0.383 e. The number of anilines is 1. The summed E-state index contributed by atoms with van der Waals surface area (Å²) >= 11 is 9.39. The number of hydrogen-bond acceptors (Lipinski definition) is 3. The SMILES string of the molecule is Nc1c(-c2ccc(Cl)cc2)cnc2c(-c3ccc(Br)cc3)cnn12. The zero-order valence-corrected chi connectivity index (χ0v) is 14.8. The van der Waals surface area contributed by atoms with E-state index < -0.39 is 0 Å². The molecule has 2 heterocycles. The van der Waals surface area contributed by atoms with Crippen LogP contribution in [0.2, 0.25) is 5.02 Å². The highest BCUT2D eigenvalue weighted by Gasteiger charge is 2.13. The minimum Gasteiger partial charge on any atom is -0.383 e. The first-order valence-corrected chi connectivity index (χ1v) is 8.44. The topological polar surface area (TPSA) is 56.2 Å². The lowest BCUT2D eigenvalue weighted by Crippen LogP contribution is -2.02. The maximum atomic E-state index is 6.32. The molecule has 6 heteroatoms. The number of benzene rings is 2. The average Bonchev–Trinajstić information content (AvgIpc) is 3.02. The smallest absolute Gasteiger partial charge is 0.165 e. The van der Waals surface area contributed by atoms with Gasteiger partial charge in [0, 0.05) is 26.8 Å². The molecule has 2 N–H and O–H groups in total. The molecular weight excluding hydrogens is 388 g/mol. The van der Waals surface area contributed by atoms with Crippen LogP contribution in [0.4, 0.5) is 5.82 Å². The molecule has 0 aliphatic rings. The molecule has 2 aromatic carbocycles. The zero-order valence-electron chi connectivity index (χ0n) is 12.4. The van der Waals surface area contributed by atoms with E-state index in [4.69, 9.17) is 17.3 Å². The molecular formula is C18H12BrClN4. The Morgan fingerprint density at radius 1 is 0.875 bits per heavy atom. The highest BCUT2D eigenvalue weighted by atomic mass is 79.9. The second kappa shape index (κ2) is 5.92. The fourth-order valence-electron chi connectivity index (χ4n) is 2.63. The van der Waals surface area contributed by atoms with Crippen molar-refractivity contribution >= 4 is 39.0 Å². The second-order valence-corrected chi connectivity index (χ2v) is 6.72. The van der Waals surface area contributed by atoms with Gasteiger partial charge < -0.3 is 5.73 Å². The third-order valence-corrected chi connectivity index (χ3v) is 4.65. The molecule has 0 spiro atoms. The van der Waals surface area contributed by atoms with Crippen LogP contribution < -0.4 is 5.73 Å². The Labute approximate surface area is 152 Å². The Balaban J connectivity index is 1.86. The molecule has 4 aromatic rings. The number of aromatic nitrogens is 3. The van der Waals surface area contributed by atoms with Gasteiger partial charge in [-0.3, -0.25) is 0 Å². The van der Waals surface area contributed by atoms with Crippen molar-refractivity contribution in [2.24, 2.45) is 0 Å². The standard InChI is InChI=1S/C18H12BrClN4/c19-13-5-1-12(2-6-13)16-10-23-24-17(21)15(9-22-18(16)24)11-3-7-14(20)8-4-11/h1-10H,21H2. The van der Waals surface area contributed by atoms with Gasteiger partial charge in [-0.25, -0.2) is 4.98 Å². The van der Waals surface area contributed by atoms with E-state index in [1.807, 2.05) is 48.5 Å². The van der Waals surface area contributed by atoms with E-state index in [0.29, 0.717) is 10.8 Å². The Hall–Kier alpha value is -2.37. The van der Waals surface area contributed by atoms with Gasteiger partial charge in [-0.2, -0.15) is 9.61 Å². The summed E-state index contributed by atoms with van der Waals surface area (Å²) in [6.45, 7) is 0. The van der Waals surface area contributed by atoms with E-state index in [9.17, 15) is 0 Å². The molecule has 0 radical (unpaired) electrons. The van der Waals surface area contributed by atoms with Crippen molar-refractivity contribution in [2.75, 3.05) is 5.73 Å². The molecule has 0 unspecified atom stereocenters. The van der Waals surface area contributed by atoms with Crippen molar-refractivity contribution in [3.8, 4) is 22.3 Å². The van der Waals surface area contributed by atoms with E-state index in [2.05, 4.69) is 26.0 Å². The third kappa shape index (κ3) is 2.56. The van der Waals surface area contributed by atoms with Gasteiger partial charge in [0.25, 0.3) is 0 Å². The predicted octanol–water partition coefficient (Wildman–Crippen LogP) is 5.06. The molecule has 0 fully saturated rings. The first kappa shape index (κ1) is 15.2. The molecule has 0 aliphatic carbocycles. The van der Waals surface area contributed by atoms with Crippen molar-refractivity contribution < 1.29 is 0 Å². The Morgan fingerprint density at radius 2 is 1.50 bits per heavy atom. The quantitative estimate of drug-likeness (QED) is 0.512. The van der Waals surface area contributed by atoms with Gasteiger partial charge in [0.1, 0.15) is 5.82 Å². The van der Waals surface area contributed by atoms with Crippen LogP contribution in [0.15, 0.2) is 65.4 Å². The summed E-state index contributed by atoms with van der Waals surface area (Å²) in [5, 5.41) is 5.10. The van der Waals surface area contributed by atoms with E-state index in [1.165, 1.54) is 0 Å². The summed E-state index contributed by atoms with van der Waals surface area (Å²) < 4.78 is 2.70. The molecule has 0 amide bonds. The number of hydrogen-bond donors (Lipinski definition) is 1. The number of nitrogens with zero attached hydrogens (tertiary/aromatic N) is 3. The average molecular weight is 400 g/mol. The molecule has 24 heavy (non-hydrogen) atoms. The van der Waals surface area contributed by atoms with Crippen LogP contribution in [-0.2, 0) is 0 Å². The Bertz CT molecular complexity index is 1020. The summed E-state index contributed by atoms with van der Waals surface area (Å²) in [6.07, 6.45) is 3.56. The summed E-state index contributed by atoms with van der Waals surface area (Å²) in [6, 6.07) is 15.5. The molecule has 0 bridgehead atoms. The van der Waals surface area contributed by atoms with Crippen molar-refractivity contribution in [3.05, 3.63) is 70.4 Å².